The van der Waals surface area contributed by atoms with Crippen molar-refractivity contribution in [2.24, 2.45) is 17.8 Å². The summed E-state index contributed by atoms with van der Waals surface area (Å²) < 4.78 is 68.2. The van der Waals surface area contributed by atoms with E-state index in [2.05, 4.69) is 72.8 Å². The van der Waals surface area contributed by atoms with E-state index in [0.29, 0.717) is 37.5 Å². The first-order chi connectivity index (χ1) is 42.3. The topological polar surface area (TPSA) is 237 Å². The van der Waals surface area contributed by atoms with E-state index in [4.69, 9.17) is 37.0 Å². The van der Waals surface area contributed by atoms with Crippen molar-refractivity contribution in [3.63, 3.8) is 0 Å². The van der Waals surface area contributed by atoms with E-state index in [0.717, 1.165) is 121 Å². The van der Waals surface area contributed by atoms with Crippen LogP contribution in [0.1, 0.15) is 318 Å². The number of hydrogen-bond acceptors (Lipinski definition) is 15. The highest BCUT2D eigenvalue weighted by atomic mass is 31.2. The molecule has 0 aliphatic heterocycles. The number of allylic oxidation sites excluding steroid dienone is 4. The molecule has 0 spiro atoms. The molecule has 17 nitrogen and oxygen atoms in total. The van der Waals surface area contributed by atoms with Gasteiger partial charge in [-0.05, 0) is 69.1 Å². The summed E-state index contributed by atoms with van der Waals surface area (Å²) in [6.45, 7) is 11.7. The number of phosphoric acid groups is 2. The zero-order valence-electron chi connectivity index (χ0n) is 56.7. The van der Waals surface area contributed by atoms with Crippen molar-refractivity contribution >= 4 is 39.5 Å². The summed E-state index contributed by atoms with van der Waals surface area (Å²) in [5, 5.41) is 10.6. The predicted octanol–water partition coefficient (Wildman–Crippen LogP) is 19.0. The Labute approximate surface area is 535 Å². The van der Waals surface area contributed by atoms with Gasteiger partial charge in [-0.15, -0.1) is 0 Å². The van der Waals surface area contributed by atoms with Crippen molar-refractivity contribution in [2.75, 3.05) is 39.6 Å². The fourth-order valence-electron chi connectivity index (χ4n) is 9.79. The van der Waals surface area contributed by atoms with Crippen LogP contribution in [0.5, 0.6) is 0 Å². The predicted molar refractivity (Wildman–Crippen MR) is 354 cm³/mol. The Kier molecular flexibility index (Phi) is 57.9. The number of aliphatic hydroxyl groups excluding tert-OH is 1. The van der Waals surface area contributed by atoms with E-state index < -0.39 is 97.5 Å². The quantitative estimate of drug-likeness (QED) is 0.0169. The van der Waals surface area contributed by atoms with E-state index >= 15 is 0 Å². The van der Waals surface area contributed by atoms with E-state index in [-0.39, 0.29) is 25.7 Å². The Bertz CT molecular complexity index is 1830. The van der Waals surface area contributed by atoms with Gasteiger partial charge in [-0.3, -0.25) is 37.3 Å². The number of ether oxygens (including phenoxy) is 4. The highest BCUT2D eigenvalue weighted by Crippen LogP contribution is 2.45. The van der Waals surface area contributed by atoms with E-state index in [1.165, 1.54) is 103 Å². The minimum absolute atomic E-state index is 0.0970. The molecule has 19 heteroatoms. The second-order valence-corrected chi connectivity index (χ2v) is 28.3. The van der Waals surface area contributed by atoms with Gasteiger partial charge in [0.15, 0.2) is 12.2 Å². The maximum absolute atomic E-state index is 13.0. The van der Waals surface area contributed by atoms with Gasteiger partial charge in [-0.25, -0.2) is 9.13 Å². The van der Waals surface area contributed by atoms with Gasteiger partial charge in [0.05, 0.1) is 26.4 Å². The van der Waals surface area contributed by atoms with Crippen molar-refractivity contribution in [1.82, 2.24) is 0 Å². The average Bonchev–Trinajstić information content (AvgIpc) is 3.64. The second kappa shape index (κ2) is 59.5. The lowest BCUT2D eigenvalue weighted by atomic mass is 9.99. The van der Waals surface area contributed by atoms with Crippen molar-refractivity contribution in [2.45, 2.75) is 336 Å². The Morgan fingerprint density at radius 1 is 0.375 bits per heavy atom. The number of aliphatic hydroxyl groups is 1. The SMILES string of the molecule is CCCCCC/C=C\C=C/CCCCCCCC(=O)OC[C@H](COP(=O)(O)OCC(O)COP(=O)(O)OC[C@@H](COC(=O)CCCCCCCCCC(C)C)OC(=O)CCCCCCCCCCC(C)CC)OC(=O)CCCCCCCCCCC(C)C. The normalized spacial score (nSPS) is 14.7. The summed E-state index contributed by atoms with van der Waals surface area (Å²) in [5.41, 5.74) is 0. The molecule has 518 valence electrons. The van der Waals surface area contributed by atoms with Gasteiger partial charge in [0.25, 0.3) is 0 Å². The molecule has 0 aromatic rings. The minimum Gasteiger partial charge on any atom is -0.462 e. The van der Waals surface area contributed by atoms with Crippen molar-refractivity contribution in [1.29, 1.82) is 0 Å². The molecule has 4 unspecified atom stereocenters. The van der Waals surface area contributed by atoms with Crippen LogP contribution < -0.4 is 0 Å². The Hall–Kier alpha value is -2.46. The van der Waals surface area contributed by atoms with E-state index in [9.17, 15) is 43.2 Å². The number of carbonyl (C=O) groups is 4. The van der Waals surface area contributed by atoms with Crippen LogP contribution in [-0.2, 0) is 65.4 Å². The highest BCUT2D eigenvalue weighted by Gasteiger charge is 2.30. The molecule has 3 N–H and O–H groups in total. The fourth-order valence-corrected chi connectivity index (χ4v) is 11.4. The largest absolute Gasteiger partial charge is 0.472 e. The third kappa shape index (κ3) is 61.1. The number of carbonyl (C=O) groups excluding carboxylic acids is 4. The van der Waals surface area contributed by atoms with Crippen molar-refractivity contribution in [3.05, 3.63) is 24.3 Å². The molecule has 0 aromatic carbocycles. The van der Waals surface area contributed by atoms with Crippen molar-refractivity contribution in [3.8, 4) is 0 Å². The van der Waals surface area contributed by atoms with Crippen LogP contribution in [0.3, 0.4) is 0 Å². The first-order valence-corrected chi connectivity index (χ1v) is 38.2. The van der Waals surface area contributed by atoms with Gasteiger partial charge in [-0.1, -0.05) is 265 Å². The van der Waals surface area contributed by atoms with Crippen LogP contribution >= 0.6 is 15.6 Å². The van der Waals surface area contributed by atoms with Crippen LogP contribution in [0, 0.1) is 17.8 Å². The van der Waals surface area contributed by atoms with Crippen LogP contribution in [0.2, 0.25) is 0 Å². The molecular formula is C69H130O17P2. The summed E-state index contributed by atoms with van der Waals surface area (Å²) >= 11 is 0. The van der Waals surface area contributed by atoms with Crippen LogP contribution in [0.15, 0.2) is 24.3 Å². The van der Waals surface area contributed by atoms with Gasteiger partial charge >= 0.3 is 39.5 Å². The van der Waals surface area contributed by atoms with Crippen molar-refractivity contribution < 1.29 is 80.2 Å². The molecule has 0 amide bonds. The lowest BCUT2D eigenvalue weighted by Crippen LogP contribution is -2.30. The molecule has 0 rings (SSSR count). The summed E-state index contributed by atoms with van der Waals surface area (Å²) in [6.07, 6.45) is 45.4. The molecule has 0 aliphatic carbocycles. The van der Waals surface area contributed by atoms with Crippen LogP contribution in [-0.4, -0.2) is 96.7 Å². The van der Waals surface area contributed by atoms with Gasteiger partial charge in [0.1, 0.15) is 19.3 Å². The molecule has 0 bridgehead atoms. The third-order valence-electron chi connectivity index (χ3n) is 15.6. The molecule has 0 radical (unpaired) electrons. The standard InChI is InChI=1S/C69H130O17P2/c1-8-10-11-12-13-14-15-16-17-18-19-20-29-36-43-50-66(71)79-56-64(85-68(73)52-45-38-30-23-21-26-33-40-47-60(3)4)58-83-87(75,76)81-54-63(70)55-82-88(77,78)84-59-65(57-80-67(72)51-44-37-32-25-27-34-41-48-61(5)6)86-69(74)53-46-39-31-24-22-28-35-42-49-62(7)9-2/h14-17,60-65,70H,8-13,18-59H2,1-7H3,(H,75,76)(H,77,78)/b15-14-,17-16-/t62?,63?,64-,65-/m1/s1. The maximum atomic E-state index is 13.0. The van der Waals surface area contributed by atoms with Crippen LogP contribution in [0.25, 0.3) is 0 Å². The molecule has 6 atom stereocenters. The molecule has 0 saturated heterocycles. The number of rotatable bonds is 65. The summed E-state index contributed by atoms with van der Waals surface area (Å²) in [7, 11) is -9.91. The minimum atomic E-state index is -4.96. The molecule has 0 aliphatic rings. The zero-order valence-corrected chi connectivity index (χ0v) is 58.5. The Morgan fingerprint density at radius 2 is 0.670 bits per heavy atom. The Morgan fingerprint density at radius 3 is 1.01 bits per heavy atom. The number of phosphoric ester groups is 2. The molecule has 0 aromatic heterocycles. The first kappa shape index (κ1) is 85.5. The number of hydrogen-bond donors (Lipinski definition) is 3. The number of unbranched alkanes of at least 4 members (excludes halogenated alkanes) is 29. The number of esters is 4. The first-order valence-electron chi connectivity index (χ1n) is 35.2. The zero-order chi connectivity index (χ0) is 65.2. The summed E-state index contributed by atoms with van der Waals surface area (Å²) in [6, 6.07) is 0. The summed E-state index contributed by atoms with van der Waals surface area (Å²) in [4.78, 5) is 72.4. The lowest BCUT2D eigenvalue weighted by molar-refractivity contribution is -0.161. The third-order valence-corrected chi connectivity index (χ3v) is 17.5. The molecular weight excluding hydrogens is 1160 g/mol. The highest BCUT2D eigenvalue weighted by molar-refractivity contribution is 7.47. The van der Waals surface area contributed by atoms with Crippen LogP contribution in [0.4, 0.5) is 0 Å². The molecule has 0 saturated carbocycles. The maximum Gasteiger partial charge on any atom is 0.472 e. The monoisotopic (exact) mass is 1290 g/mol. The lowest BCUT2D eigenvalue weighted by Gasteiger charge is -2.21. The fraction of sp³-hybridized carbons (Fsp3) is 0.884. The molecule has 88 heavy (non-hydrogen) atoms. The van der Waals surface area contributed by atoms with Gasteiger partial charge in [0.2, 0.25) is 0 Å². The summed E-state index contributed by atoms with van der Waals surface area (Å²) in [5.74, 6) is 0.0239. The van der Waals surface area contributed by atoms with E-state index in [1.54, 1.807) is 0 Å². The molecule has 0 fully saturated rings. The van der Waals surface area contributed by atoms with Gasteiger partial charge in [-0.2, -0.15) is 0 Å². The second-order valence-electron chi connectivity index (χ2n) is 25.4. The average molecular weight is 1290 g/mol. The molecule has 0 heterocycles. The smallest absolute Gasteiger partial charge is 0.462 e. The Balaban J connectivity index is 5.28. The van der Waals surface area contributed by atoms with Gasteiger partial charge < -0.3 is 33.8 Å². The van der Waals surface area contributed by atoms with E-state index in [1.807, 2.05) is 0 Å². The van der Waals surface area contributed by atoms with Gasteiger partial charge in [0, 0.05) is 25.7 Å².